The Morgan fingerprint density at radius 2 is 0.581 bits per heavy atom. The van der Waals surface area contributed by atoms with Crippen molar-refractivity contribution in [1.82, 2.24) is 0 Å². The fourth-order valence-corrected chi connectivity index (χ4v) is 18.6. The van der Waals surface area contributed by atoms with Crippen molar-refractivity contribution in [2.45, 2.75) is 152 Å². The van der Waals surface area contributed by atoms with Gasteiger partial charge in [0.25, 0.3) is 0 Å². The van der Waals surface area contributed by atoms with Crippen LogP contribution in [0.25, 0.3) is 0 Å². The predicted molar refractivity (Wildman–Crippen MR) is 469 cm³/mol. The summed E-state index contributed by atoms with van der Waals surface area (Å²) in [6.07, 6.45) is -0.284. The first kappa shape index (κ1) is 89.6. The molecule has 20 nitrogen and oxygen atoms in total. The van der Waals surface area contributed by atoms with Crippen molar-refractivity contribution in [3.63, 3.8) is 0 Å². The minimum absolute atomic E-state index is 0.112. The van der Waals surface area contributed by atoms with Crippen molar-refractivity contribution in [3.8, 4) is 5.75 Å². The molecule has 0 saturated heterocycles. The van der Waals surface area contributed by atoms with Gasteiger partial charge in [0.2, 0.25) is 45.6 Å². The Hall–Kier alpha value is -11.3. The number of benzene rings is 12. The number of nitrogen functional groups attached to an aromatic ring is 3. The van der Waals surface area contributed by atoms with Crippen LogP contribution in [0.1, 0.15) is 73.7 Å². The summed E-state index contributed by atoms with van der Waals surface area (Å²) in [7, 11) is -14.6. The van der Waals surface area contributed by atoms with E-state index in [2.05, 4.69) is 73.2 Å². The van der Waals surface area contributed by atoms with E-state index in [-0.39, 0.29) is 45.7 Å². The number of sulfone groups is 4. The molecule has 24 heteroatoms. The molecule has 0 fully saturated rings. The third-order valence-electron chi connectivity index (χ3n) is 19.1. The highest BCUT2D eigenvalue weighted by atomic mass is 32.2. The zero-order valence-electron chi connectivity index (χ0n) is 67.2. The summed E-state index contributed by atoms with van der Waals surface area (Å²) < 4.78 is 109. The van der Waals surface area contributed by atoms with Crippen molar-refractivity contribution in [3.05, 3.63) is 334 Å². The molecule has 0 aliphatic rings. The van der Waals surface area contributed by atoms with Crippen molar-refractivity contribution >= 4 is 79.2 Å². The topological polar surface area (TPSA) is 353 Å². The van der Waals surface area contributed by atoms with Gasteiger partial charge in [0.1, 0.15) is 5.75 Å². The summed E-state index contributed by atoms with van der Waals surface area (Å²) in [4.78, 5) is 1.46. The van der Waals surface area contributed by atoms with E-state index in [9.17, 15) is 54.1 Å². The molecule has 12 aromatic carbocycles. The highest BCUT2D eigenvalue weighted by molar-refractivity contribution is 7.92. The molecule has 0 amide bonds. The van der Waals surface area contributed by atoms with E-state index in [1.807, 2.05) is 89.2 Å². The third-order valence-corrected chi connectivity index (χ3v) is 26.1. The number of hydrogen-bond acceptors (Lipinski definition) is 20. The molecule has 0 heterocycles. The fourth-order valence-electron chi connectivity index (χ4n) is 13.1. The zero-order chi connectivity index (χ0) is 84.8. The average molecular weight is 1660 g/mol. The Morgan fingerprint density at radius 3 is 0.915 bits per heavy atom. The van der Waals surface area contributed by atoms with Gasteiger partial charge in [-0.2, -0.15) is 0 Å². The maximum atomic E-state index is 12.9. The third kappa shape index (κ3) is 25.8. The van der Waals surface area contributed by atoms with Crippen LogP contribution in [0.5, 0.6) is 5.75 Å². The molecule has 0 spiro atoms. The Balaban J connectivity index is 0.000000178. The Morgan fingerprint density at radius 1 is 0.299 bits per heavy atom. The fraction of sp³-hybridized carbons (Fsp3) is 0.226. The first-order valence-electron chi connectivity index (χ1n) is 38.2. The molecule has 0 bridgehead atoms. The number of aryl methyl sites for hydroxylation is 9. The summed E-state index contributed by atoms with van der Waals surface area (Å²) >= 11 is 0. The van der Waals surface area contributed by atoms with Crippen LogP contribution in [0, 0.1) is 55.4 Å². The standard InChI is InChI=1S/C24H28N2O3S.C24H27NO4S.C23H26N2O3S.C22H24N2O3S/c1-16-10-17(2)24(18(3)11-16)14-21(27)15-26-20-7-5-9-23(13-20)30(28,29)22-8-4-6-19(25)12-22;1-16-7-5-9-21(13-16)30(27,28)22-10-6-8-20(14-22)25-15-23(26)29-24-18(3)11-17(2)12-19(24)4;1-2-17-9-11-18(12-10-17)13-21(26)16-25-20-6-4-8-23(15-20)29(27,28)22-7-3-5-19(24)14-22;1-16-8-10-17(11-9-16)12-20(25)15-24-19-5-3-7-22(14-19)28(26,27)21-6-2-4-18(23)13-21/h4-13,21,26-27H,14-15,25H2,1-3H3;5-14,23,25-26H,15H2,1-4H3;3-12,14-15,21,25-26H,2,13,16,24H2,1H3;2-11,13-14,20,24-25H,12,15,23H2,1H3. The second kappa shape index (κ2) is 41.0. The quantitative estimate of drug-likeness (QED) is 0.0153. The number of aliphatic hydroxyl groups is 4. The summed E-state index contributed by atoms with van der Waals surface area (Å²) in [6.45, 7) is 19.1. The van der Waals surface area contributed by atoms with E-state index in [1.54, 1.807) is 152 Å². The van der Waals surface area contributed by atoms with E-state index in [0.29, 0.717) is 84.5 Å². The normalized spacial score (nSPS) is 12.5. The number of ether oxygens (including phenoxy) is 1. The summed E-state index contributed by atoms with van der Waals surface area (Å²) in [6, 6.07) is 76.3. The first-order chi connectivity index (χ1) is 55.5. The largest absolute Gasteiger partial charge is 0.463 e. The summed E-state index contributed by atoms with van der Waals surface area (Å²) in [5.74, 6) is 0.658. The molecule has 14 N–H and O–H groups in total. The van der Waals surface area contributed by atoms with E-state index < -0.39 is 64.0 Å². The number of nitrogens with one attached hydrogen (secondary N) is 4. The minimum atomic E-state index is -3.67. The van der Waals surface area contributed by atoms with Gasteiger partial charge in [0.15, 0.2) is 0 Å². The van der Waals surface area contributed by atoms with Crippen LogP contribution < -0.4 is 43.2 Å². The zero-order valence-corrected chi connectivity index (χ0v) is 70.5. The van der Waals surface area contributed by atoms with Crippen LogP contribution >= 0.6 is 0 Å². The van der Waals surface area contributed by atoms with Crippen LogP contribution in [0.2, 0.25) is 0 Å². The van der Waals surface area contributed by atoms with E-state index in [0.717, 1.165) is 45.4 Å². The van der Waals surface area contributed by atoms with E-state index in [1.165, 1.54) is 64.2 Å². The number of aliphatic hydroxyl groups excluding tert-OH is 4. The van der Waals surface area contributed by atoms with Gasteiger partial charge in [-0.1, -0.05) is 151 Å². The smallest absolute Gasteiger partial charge is 0.214 e. The molecule has 0 aliphatic carbocycles. The predicted octanol–water partition coefficient (Wildman–Crippen LogP) is 15.7. The first-order valence-corrected chi connectivity index (χ1v) is 44.2. The second-order valence-corrected chi connectivity index (χ2v) is 36.9. The second-order valence-electron chi connectivity index (χ2n) is 29.1. The molecule has 4 unspecified atom stereocenters. The van der Waals surface area contributed by atoms with Crippen molar-refractivity contribution in [1.29, 1.82) is 0 Å². The molecular weight excluding hydrogens is 1550 g/mol. The van der Waals surface area contributed by atoms with E-state index in [4.69, 9.17) is 21.9 Å². The molecule has 4 atom stereocenters. The summed E-state index contributed by atoms with van der Waals surface area (Å²) in [5.41, 5.74) is 34.0. The monoisotopic (exact) mass is 1660 g/mol. The van der Waals surface area contributed by atoms with Gasteiger partial charge in [0, 0.05) is 78.7 Å². The number of rotatable bonds is 29. The van der Waals surface area contributed by atoms with Crippen molar-refractivity contribution < 1.29 is 58.8 Å². The van der Waals surface area contributed by atoms with Crippen LogP contribution in [0.15, 0.2) is 306 Å². The van der Waals surface area contributed by atoms with Crippen LogP contribution in [0.4, 0.5) is 39.8 Å². The Labute approximate surface area is 689 Å². The SMILES string of the molecule is CCc1ccc(CC(O)CNc2cccc(S(=O)(=O)c3cccc(N)c3)c2)cc1.Cc1cc(C)c(CC(O)CNc2cccc(S(=O)(=O)c3cccc(N)c3)c2)c(C)c1.Cc1ccc(CC(O)CNc2cccc(S(=O)(=O)c3cccc(N)c3)c2)cc1.Cc1cccc(S(=O)(=O)c2cccc(NCC(O)Oc3c(C)cc(C)cc3C)c2)c1. The maximum absolute atomic E-state index is 12.9. The van der Waals surface area contributed by atoms with Gasteiger partial charge >= 0.3 is 0 Å². The summed E-state index contributed by atoms with van der Waals surface area (Å²) in [5, 5.41) is 53.9. The lowest BCUT2D eigenvalue weighted by atomic mass is 9.95. The minimum Gasteiger partial charge on any atom is -0.463 e. The van der Waals surface area contributed by atoms with Crippen molar-refractivity contribution in [2.24, 2.45) is 0 Å². The van der Waals surface area contributed by atoms with Crippen LogP contribution in [0.3, 0.4) is 0 Å². The van der Waals surface area contributed by atoms with E-state index >= 15 is 0 Å². The lowest BCUT2D eigenvalue weighted by Crippen LogP contribution is -2.26. The van der Waals surface area contributed by atoms with Gasteiger partial charge in [-0.05, 0) is 251 Å². The van der Waals surface area contributed by atoms with Gasteiger partial charge in [-0.3, -0.25) is 0 Å². The number of nitrogens with two attached hydrogens (primary N) is 3. The Kier molecular flexibility index (Phi) is 31.4. The lowest BCUT2D eigenvalue weighted by molar-refractivity contribution is -0.00622. The highest BCUT2D eigenvalue weighted by Gasteiger charge is 2.24. The van der Waals surface area contributed by atoms with Gasteiger partial charge < -0.3 is 63.6 Å². The van der Waals surface area contributed by atoms with Gasteiger partial charge in [-0.15, -0.1) is 0 Å². The average Bonchev–Trinajstić information content (AvgIpc) is 0.803. The molecule has 117 heavy (non-hydrogen) atoms. The van der Waals surface area contributed by atoms with Crippen molar-refractivity contribution in [2.75, 3.05) is 64.6 Å². The lowest BCUT2D eigenvalue weighted by Gasteiger charge is -2.19. The van der Waals surface area contributed by atoms with Gasteiger partial charge in [0.05, 0.1) is 64.0 Å². The molecule has 0 aliphatic heterocycles. The molecule has 0 radical (unpaired) electrons. The highest BCUT2D eigenvalue weighted by Crippen LogP contribution is 2.31. The molecule has 0 aromatic heterocycles. The molecule has 12 rings (SSSR count). The Bertz CT molecular complexity index is 5620. The van der Waals surface area contributed by atoms with Crippen LogP contribution in [-0.4, -0.2) is 105 Å². The van der Waals surface area contributed by atoms with Crippen LogP contribution in [-0.2, 0) is 65.0 Å². The molecular formula is C93H105N7O13S4. The maximum Gasteiger partial charge on any atom is 0.214 e. The molecule has 0 saturated carbocycles. The molecule has 12 aromatic rings. The molecule has 614 valence electrons. The number of anilines is 7. The van der Waals surface area contributed by atoms with Gasteiger partial charge in [-0.25, -0.2) is 33.7 Å². The number of hydrogen-bond donors (Lipinski definition) is 11.